The number of halogens is 14. The van der Waals surface area contributed by atoms with E-state index in [9.17, 15) is 61.5 Å². The molecule has 162 valence electrons. The topological polar surface area (TPSA) is 0 Å². The van der Waals surface area contributed by atoms with Crippen LogP contribution in [0, 0.1) is 46.5 Å². The average molecular weight is 458 g/mol. The van der Waals surface area contributed by atoms with Crippen molar-refractivity contribution < 1.29 is 61.5 Å². The molecule has 0 unspecified atom stereocenters. The van der Waals surface area contributed by atoms with Crippen molar-refractivity contribution in [3.63, 3.8) is 0 Å². The molecule has 0 saturated heterocycles. The van der Waals surface area contributed by atoms with Crippen LogP contribution in [0.1, 0.15) is 11.1 Å². The Morgan fingerprint density at radius 1 is 0.433 bits per heavy atom. The van der Waals surface area contributed by atoms with Crippen molar-refractivity contribution in [1.29, 1.82) is 0 Å². The third-order valence-corrected chi connectivity index (χ3v) is 4.14. The second kappa shape index (κ2) is 6.35. The molecule has 0 bridgehead atoms. The van der Waals surface area contributed by atoms with E-state index in [4.69, 9.17) is 0 Å². The van der Waals surface area contributed by atoms with Crippen molar-refractivity contribution in [3.8, 4) is 0 Å². The first-order chi connectivity index (χ1) is 13.6. The van der Waals surface area contributed by atoms with Crippen LogP contribution < -0.4 is 10.4 Å². The predicted molar refractivity (Wildman–Crippen MR) is 68.8 cm³/mol. The lowest BCUT2D eigenvalue weighted by Gasteiger charge is -2.26. The van der Waals surface area contributed by atoms with Crippen LogP contribution >= 0.6 is 0 Å². The zero-order valence-electron chi connectivity index (χ0n) is 13.3. The maximum atomic E-state index is 14.2. The second-order valence-electron chi connectivity index (χ2n) is 5.77. The summed E-state index contributed by atoms with van der Waals surface area (Å²) in [5.74, 6) is -31.9. The molecule has 0 amide bonds. The fourth-order valence-electron chi connectivity index (χ4n) is 2.78. The number of benzene rings is 2. The van der Waals surface area contributed by atoms with Gasteiger partial charge in [-0.15, -0.1) is 0 Å². The minimum Gasteiger partial charge on any atom is -0.205 e. The fraction of sp³-hybridized carbons (Fsp3) is 0.125. The lowest BCUT2D eigenvalue weighted by atomic mass is 9.85. The molecule has 0 radical (unpaired) electrons. The Bertz CT molecular complexity index is 1240. The van der Waals surface area contributed by atoms with E-state index < -0.39 is 91.6 Å². The van der Waals surface area contributed by atoms with Crippen LogP contribution in [-0.2, 0) is 5.92 Å². The van der Waals surface area contributed by atoms with Crippen LogP contribution in [0.4, 0.5) is 61.5 Å². The normalized spacial score (nSPS) is 14.2. The molecular formula is C16F14. The summed E-state index contributed by atoms with van der Waals surface area (Å²) in [6.45, 7) is 0. The Hall–Kier alpha value is -2.80. The van der Waals surface area contributed by atoms with Gasteiger partial charge in [0.15, 0.2) is 46.5 Å². The van der Waals surface area contributed by atoms with Crippen molar-refractivity contribution in [3.05, 3.63) is 68.1 Å². The Morgan fingerprint density at radius 3 is 1.30 bits per heavy atom. The van der Waals surface area contributed by atoms with Crippen molar-refractivity contribution in [2.45, 2.75) is 12.1 Å². The predicted octanol–water partition coefficient (Wildman–Crippen LogP) is 4.74. The van der Waals surface area contributed by atoms with Gasteiger partial charge in [0.1, 0.15) is 5.83 Å². The first kappa shape index (κ1) is 21.9. The minimum atomic E-state index is -6.79. The van der Waals surface area contributed by atoms with Gasteiger partial charge >= 0.3 is 12.1 Å². The van der Waals surface area contributed by atoms with Crippen LogP contribution in [0.3, 0.4) is 0 Å². The van der Waals surface area contributed by atoms with E-state index in [1.54, 1.807) is 0 Å². The molecule has 14 heteroatoms. The molecule has 0 atom stereocenters. The Balaban J connectivity index is 2.62. The molecule has 2 aromatic rings. The molecule has 2 aromatic carbocycles. The first-order valence-electron chi connectivity index (χ1n) is 7.15. The van der Waals surface area contributed by atoms with Crippen molar-refractivity contribution in [2.75, 3.05) is 0 Å². The van der Waals surface area contributed by atoms with E-state index in [1.807, 2.05) is 0 Å². The monoisotopic (exact) mass is 458 g/mol. The third kappa shape index (κ3) is 2.54. The first-order valence-corrected chi connectivity index (χ1v) is 7.15. The Morgan fingerprint density at radius 2 is 0.833 bits per heavy atom. The summed E-state index contributed by atoms with van der Waals surface area (Å²) in [6, 6.07) is 0. The van der Waals surface area contributed by atoms with Gasteiger partial charge in [-0.3, -0.25) is 0 Å². The number of alkyl halides is 5. The lowest BCUT2D eigenvalue weighted by molar-refractivity contribution is -0.290. The van der Waals surface area contributed by atoms with Gasteiger partial charge in [0.2, 0.25) is 0 Å². The summed E-state index contributed by atoms with van der Waals surface area (Å²) in [4.78, 5) is 0. The molecule has 1 aliphatic carbocycles. The van der Waals surface area contributed by atoms with Crippen LogP contribution in [0.2, 0.25) is 0 Å². The van der Waals surface area contributed by atoms with Gasteiger partial charge < -0.3 is 0 Å². The molecule has 0 heterocycles. The number of hydrogen-bond acceptors (Lipinski definition) is 0. The Kier molecular flexibility index (Phi) is 4.63. The highest BCUT2D eigenvalue weighted by Gasteiger charge is 2.62. The van der Waals surface area contributed by atoms with Gasteiger partial charge in [-0.05, 0) is 0 Å². The summed E-state index contributed by atoms with van der Waals surface area (Å²) in [5.41, 5.74) is -8.19. The molecule has 0 saturated carbocycles. The number of fused-ring (bicyclic) bond motifs is 1. The van der Waals surface area contributed by atoms with Crippen LogP contribution in [0.5, 0.6) is 0 Å². The van der Waals surface area contributed by atoms with Crippen molar-refractivity contribution in [2.24, 2.45) is 0 Å². The zero-order valence-corrected chi connectivity index (χ0v) is 13.3. The zero-order chi connectivity index (χ0) is 23.1. The van der Waals surface area contributed by atoms with Gasteiger partial charge in [-0.2, -0.15) is 22.0 Å². The van der Waals surface area contributed by atoms with Gasteiger partial charge in [0.05, 0.1) is 10.8 Å². The van der Waals surface area contributed by atoms with Crippen molar-refractivity contribution >= 4 is 11.4 Å². The maximum absolute atomic E-state index is 14.2. The van der Waals surface area contributed by atoms with Gasteiger partial charge in [0, 0.05) is 16.4 Å². The molecule has 1 aliphatic rings. The molecule has 0 nitrogen and oxygen atoms in total. The molecule has 0 aromatic heterocycles. The third-order valence-electron chi connectivity index (χ3n) is 4.14. The maximum Gasteiger partial charge on any atom is 0.458 e. The van der Waals surface area contributed by atoms with Crippen LogP contribution in [0.15, 0.2) is 0 Å². The second-order valence-corrected chi connectivity index (χ2v) is 5.77. The smallest absolute Gasteiger partial charge is 0.205 e. The highest BCUT2D eigenvalue weighted by atomic mass is 19.4. The highest BCUT2D eigenvalue weighted by molar-refractivity contribution is 6.00. The van der Waals surface area contributed by atoms with E-state index in [1.165, 1.54) is 0 Å². The van der Waals surface area contributed by atoms with Crippen LogP contribution in [0.25, 0.3) is 11.4 Å². The summed E-state index contributed by atoms with van der Waals surface area (Å²) in [6.07, 6.45) is -6.79. The van der Waals surface area contributed by atoms with Crippen LogP contribution in [-0.4, -0.2) is 6.18 Å². The minimum absolute atomic E-state index is 1.85. The highest BCUT2D eigenvalue weighted by Crippen LogP contribution is 2.49. The summed E-state index contributed by atoms with van der Waals surface area (Å²) in [5, 5.41) is -3.78. The fourth-order valence-corrected chi connectivity index (χ4v) is 2.78. The molecule has 0 spiro atoms. The number of hydrogen-bond donors (Lipinski definition) is 0. The standard InChI is InChI=1S/C16F14/c17-6-1(2-4(6)9(20)13(24)11(22)7(2)18)3-5(15(26,27)16(28,29)30)10(21)14(25)12(23)8(3)19. The molecule has 3 rings (SSSR count). The van der Waals surface area contributed by atoms with E-state index in [0.29, 0.717) is 0 Å². The van der Waals surface area contributed by atoms with Gasteiger partial charge in [0.25, 0.3) is 0 Å². The molecule has 0 aliphatic heterocycles. The Labute approximate surface area is 154 Å². The molecule has 0 fully saturated rings. The number of rotatable bonds is 2. The summed E-state index contributed by atoms with van der Waals surface area (Å²) >= 11 is 0. The molecule has 0 N–H and O–H groups in total. The van der Waals surface area contributed by atoms with E-state index in [-0.39, 0.29) is 0 Å². The SMILES string of the molecule is FC1=c2c(F)c(F)c(F)c(F)c2=C1c1c(F)c(F)c(F)c(F)c1C(F)(F)C(F)(F)F. The average Bonchev–Trinajstić information content (AvgIpc) is 2.64. The van der Waals surface area contributed by atoms with E-state index in [0.717, 1.165) is 0 Å². The van der Waals surface area contributed by atoms with Gasteiger partial charge in [-0.1, -0.05) is 0 Å². The molecular weight excluding hydrogens is 458 g/mol. The molecule has 30 heavy (non-hydrogen) atoms. The summed E-state index contributed by atoms with van der Waals surface area (Å²) < 4.78 is 189. The van der Waals surface area contributed by atoms with Gasteiger partial charge in [-0.25, -0.2) is 39.5 Å². The quantitative estimate of drug-likeness (QED) is 0.347. The summed E-state index contributed by atoms with van der Waals surface area (Å²) in [7, 11) is 0. The largest absolute Gasteiger partial charge is 0.458 e. The lowest BCUT2D eigenvalue weighted by Crippen LogP contribution is -2.46. The van der Waals surface area contributed by atoms with Crippen molar-refractivity contribution in [1.82, 2.24) is 0 Å². The van der Waals surface area contributed by atoms with E-state index in [2.05, 4.69) is 0 Å². The van der Waals surface area contributed by atoms with E-state index >= 15 is 0 Å².